The molecule has 0 amide bonds. The highest BCUT2D eigenvalue weighted by Crippen LogP contribution is 2.20. The maximum Gasteiger partial charge on any atom is 0.129 e. The number of fused-ring (bicyclic) bond motifs is 1. The smallest absolute Gasteiger partial charge is 0.129 e. The van der Waals surface area contributed by atoms with Gasteiger partial charge in [-0.3, -0.25) is 0 Å². The SMILES string of the molecule is C=CN=CN=CC(C)/C=C/CCCCCCc1ccc2c(n1)NCCC2. The van der Waals surface area contributed by atoms with E-state index in [-0.39, 0.29) is 0 Å². The third-order valence-electron chi connectivity index (χ3n) is 4.51. The van der Waals surface area contributed by atoms with Crippen molar-refractivity contribution in [2.75, 3.05) is 11.9 Å². The molecular formula is C22H32N4. The molecule has 1 aliphatic rings. The second-order valence-electron chi connectivity index (χ2n) is 6.83. The van der Waals surface area contributed by atoms with Crippen LogP contribution in [-0.4, -0.2) is 24.1 Å². The Balaban J connectivity index is 1.54. The predicted molar refractivity (Wildman–Crippen MR) is 113 cm³/mol. The van der Waals surface area contributed by atoms with Crippen LogP contribution in [0.1, 0.15) is 56.7 Å². The minimum atomic E-state index is 0.343. The summed E-state index contributed by atoms with van der Waals surface area (Å²) in [5, 5.41) is 3.42. The van der Waals surface area contributed by atoms with E-state index in [1.54, 1.807) is 0 Å². The lowest BCUT2D eigenvalue weighted by Gasteiger charge is -2.17. The Kier molecular flexibility index (Phi) is 9.41. The molecule has 26 heavy (non-hydrogen) atoms. The zero-order chi connectivity index (χ0) is 18.5. The summed E-state index contributed by atoms with van der Waals surface area (Å²) in [6.45, 7) is 6.70. The number of nitrogens with zero attached hydrogens (tertiary/aromatic N) is 3. The van der Waals surface area contributed by atoms with Crippen molar-refractivity contribution in [3.8, 4) is 0 Å². The number of hydrogen-bond acceptors (Lipinski definition) is 3. The Bertz CT molecular complexity index is 631. The maximum atomic E-state index is 4.77. The first-order valence-corrected chi connectivity index (χ1v) is 9.85. The molecule has 0 bridgehead atoms. The van der Waals surface area contributed by atoms with E-state index < -0.39 is 0 Å². The first-order chi connectivity index (χ1) is 12.8. The van der Waals surface area contributed by atoms with Crippen molar-refractivity contribution in [1.82, 2.24) is 4.98 Å². The van der Waals surface area contributed by atoms with Crippen molar-refractivity contribution in [2.45, 2.75) is 58.3 Å². The van der Waals surface area contributed by atoms with E-state index in [2.05, 4.69) is 53.1 Å². The highest BCUT2D eigenvalue weighted by atomic mass is 15.0. The molecule has 1 aromatic heterocycles. The number of aryl methyl sites for hydroxylation is 2. The molecule has 0 aromatic carbocycles. The zero-order valence-electron chi connectivity index (χ0n) is 16.0. The van der Waals surface area contributed by atoms with E-state index in [0.29, 0.717) is 5.92 Å². The molecule has 2 heterocycles. The molecule has 0 radical (unpaired) electrons. The molecule has 0 spiro atoms. The third kappa shape index (κ3) is 7.77. The second kappa shape index (κ2) is 12.2. The molecular weight excluding hydrogens is 320 g/mol. The van der Waals surface area contributed by atoms with Crippen molar-refractivity contribution < 1.29 is 0 Å². The van der Waals surface area contributed by atoms with Crippen LogP contribution in [0.15, 0.2) is 47.0 Å². The van der Waals surface area contributed by atoms with Gasteiger partial charge in [0.2, 0.25) is 0 Å². The van der Waals surface area contributed by atoms with Gasteiger partial charge in [-0.15, -0.1) is 0 Å². The molecule has 1 atom stereocenters. The Hall–Kier alpha value is -2.23. The van der Waals surface area contributed by atoms with Crippen molar-refractivity contribution in [1.29, 1.82) is 0 Å². The number of aromatic nitrogens is 1. The summed E-state index contributed by atoms with van der Waals surface area (Å²) in [6.07, 6.45) is 19.0. The van der Waals surface area contributed by atoms with Crippen LogP contribution in [0.5, 0.6) is 0 Å². The summed E-state index contributed by atoms with van der Waals surface area (Å²) in [7, 11) is 0. The molecule has 2 rings (SSSR count). The van der Waals surface area contributed by atoms with Gasteiger partial charge < -0.3 is 5.32 Å². The van der Waals surface area contributed by atoms with E-state index in [9.17, 15) is 0 Å². The maximum absolute atomic E-state index is 4.77. The van der Waals surface area contributed by atoms with Crippen LogP contribution >= 0.6 is 0 Å². The van der Waals surface area contributed by atoms with Gasteiger partial charge in [-0.1, -0.05) is 44.6 Å². The largest absolute Gasteiger partial charge is 0.370 e. The number of hydrogen-bond donors (Lipinski definition) is 1. The number of pyridine rings is 1. The average Bonchev–Trinajstić information content (AvgIpc) is 2.67. The third-order valence-corrected chi connectivity index (χ3v) is 4.51. The molecule has 0 aliphatic carbocycles. The number of aliphatic imine (C=N–C) groups is 2. The van der Waals surface area contributed by atoms with Gasteiger partial charge >= 0.3 is 0 Å². The van der Waals surface area contributed by atoms with Crippen molar-refractivity contribution in [3.63, 3.8) is 0 Å². The molecule has 0 saturated carbocycles. The lowest BCUT2D eigenvalue weighted by Crippen LogP contribution is -2.13. The van der Waals surface area contributed by atoms with Crippen LogP contribution in [0, 0.1) is 5.92 Å². The Labute approximate surface area is 158 Å². The minimum Gasteiger partial charge on any atom is -0.370 e. The average molecular weight is 353 g/mol. The first-order valence-electron chi connectivity index (χ1n) is 9.85. The minimum absolute atomic E-state index is 0.343. The van der Waals surface area contributed by atoms with Crippen molar-refractivity contribution in [2.24, 2.45) is 15.9 Å². The molecule has 0 fully saturated rings. The summed E-state index contributed by atoms with van der Waals surface area (Å²) in [5.74, 6) is 1.46. The standard InChI is InChI=1S/C22H32N4/c1-3-23-18-24-17-19(2)11-8-6-4-5-7-9-13-21-15-14-20-12-10-16-25-22(20)26-21/h3,8,11,14-15,17-19H,1,4-7,9-10,12-13,16H2,2H3,(H,25,26)/b11-8+,23-18?,24-17?. The van der Waals surface area contributed by atoms with Crippen LogP contribution in [-0.2, 0) is 12.8 Å². The molecule has 1 aromatic rings. The van der Waals surface area contributed by atoms with Gasteiger partial charge in [-0.25, -0.2) is 15.0 Å². The number of rotatable bonds is 11. The van der Waals surface area contributed by atoms with Crippen LogP contribution in [0.4, 0.5) is 5.82 Å². The van der Waals surface area contributed by atoms with Crippen molar-refractivity contribution in [3.05, 3.63) is 48.3 Å². The number of unbranched alkanes of at least 4 members (excludes halogenated alkanes) is 4. The molecule has 1 unspecified atom stereocenters. The van der Waals surface area contributed by atoms with E-state index >= 15 is 0 Å². The summed E-state index contributed by atoms with van der Waals surface area (Å²) < 4.78 is 0. The lowest BCUT2D eigenvalue weighted by molar-refractivity contribution is 0.640. The molecule has 1 aliphatic heterocycles. The summed E-state index contributed by atoms with van der Waals surface area (Å²) in [4.78, 5) is 12.7. The summed E-state index contributed by atoms with van der Waals surface area (Å²) in [5.41, 5.74) is 2.60. The fraction of sp³-hybridized carbons (Fsp3) is 0.500. The van der Waals surface area contributed by atoms with Gasteiger partial charge in [0.25, 0.3) is 0 Å². The fourth-order valence-corrected chi connectivity index (χ4v) is 3.05. The monoisotopic (exact) mass is 352 g/mol. The van der Waals surface area contributed by atoms with Gasteiger partial charge in [-0.2, -0.15) is 0 Å². The van der Waals surface area contributed by atoms with Crippen LogP contribution in [0.2, 0.25) is 0 Å². The van der Waals surface area contributed by atoms with Gasteiger partial charge in [0.1, 0.15) is 12.2 Å². The lowest BCUT2D eigenvalue weighted by atomic mass is 10.0. The van der Waals surface area contributed by atoms with Gasteiger partial charge in [-0.05, 0) is 50.2 Å². The van der Waals surface area contributed by atoms with Gasteiger partial charge in [0.15, 0.2) is 0 Å². The van der Waals surface area contributed by atoms with Gasteiger partial charge in [0, 0.05) is 30.6 Å². The van der Waals surface area contributed by atoms with E-state index in [0.717, 1.165) is 31.6 Å². The van der Waals surface area contributed by atoms with E-state index in [1.807, 2.05) is 6.21 Å². The molecule has 0 saturated heterocycles. The highest BCUT2D eigenvalue weighted by molar-refractivity contribution is 5.74. The Morgan fingerprint density at radius 2 is 2.12 bits per heavy atom. The summed E-state index contributed by atoms with van der Waals surface area (Å²) >= 11 is 0. The number of nitrogens with one attached hydrogen (secondary N) is 1. The highest BCUT2D eigenvalue weighted by Gasteiger charge is 2.09. The fourth-order valence-electron chi connectivity index (χ4n) is 3.05. The van der Waals surface area contributed by atoms with Crippen molar-refractivity contribution >= 4 is 18.4 Å². The topological polar surface area (TPSA) is 49.6 Å². The Morgan fingerprint density at radius 3 is 3.00 bits per heavy atom. The summed E-state index contributed by atoms with van der Waals surface area (Å²) in [6, 6.07) is 4.46. The van der Waals surface area contributed by atoms with Crippen LogP contribution in [0.3, 0.4) is 0 Å². The quantitative estimate of drug-likeness (QED) is 0.252. The normalized spacial score (nSPS) is 15.4. The van der Waals surface area contributed by atoms with Gasteiger partial charge in [0.05, 0.1) is 0 Å². The number of allylic oxidation sites excluding steroid dienone is 2. The zero-order valence-corrected chi connectivity index (χ0v) is 16.0. The number of anilines is 1. The molecule has 4 heteroatoms. The molecule has 4 nitrogen and oxygen atoms in total. The van der Waals surface area contributed by atoms with E-state index in [1.165, 1.54) is 55.9 Å². The molecule has 1 N–H and O–H groups in total. The van der Waals surface area contributed by atoms with Crippen LogP contribution < -0.4 is 5.32 Å². The van der Waals surface area contributed by atoms with Crippen LogP contribution in [0.25, 0.3) is 0 Å². The van der Waals surface area contributed by atoms with E-state index in [4.69, 9.17) is 4.98 Å². The first kappa shape index (κ1) is 20.1. The molecule has 140 valence electrons. The predicted octanol–water partition coefficient (Wildman–Crippen LogP) is 5.37. The Morgan fingerprint density at radius 1 is 1.23 bits per heavy atom. The second-order valence-corrected chi connectivity index (χ2v) is 6.83.